The summed E-state index contributed by atoms with van der Waals surface area (Å²) in [6, 6.07) is 12.4. The third-order valence-electron chi connectivity index (χ3n) is 14.2. The van der Waals surface area contributed by atoms with Crippen LogP contribution in [-0.4, -0.2) is 137 Å². The van der Waals surface area contributed by atoms with Gasteiger partial charge in [0.25, 0.3) is 11.8 Å². The normalized spacial score (nSPS) is 27.0. The first-order valence-electron chi connectivity index (χ1n) is 22.2. The molecule has 1 aliphatic carbocycles. The maximum atomic E-state index is 13.7. The monoisotopic (exact) mass is 857 g/mol. The number of imide groups is 2. The Morgan fingerprint density at radius 2 is 1.63 bits per heavy atom. The molecule has 6 aliphatic heterocycles. The van der Waals surface area contributed by atoms with E-state index >= 15 is 0 Å². The van der Waals surface area contributed by atoms with Crippen molar-refractivity contribution >= 4 is 52.5 Å². The van der Waals surface area contributed by atoms with Crippen LogP contribution in [0.1, 0.15) is 95.3 Å². The van der Waals surface area contributed by atoms with Gasteiger partial charge in [0, 0.05) is 50.7 Å². The van der Waals surface area contributed by atoms with Crippen LogP contribution in [0.4, 0.5) is 5.82 Å². The molecule has 4 aromatic rings. The summed E-state index contributed by atoms with van der Waals surface area (Å²) in [5.41, 5.74) is 3.10. The molecule has 11 rings (SSSR count). The van der Waals surface area contributed by atoms with Crippen molar-refractivity contribution in [2.24, 2.45) is 11.8 Å². The highest BCUT2D eigenvalue weighted by atomic mass is 16.4. The number of hydrogen-bond donors (Lipinski definition) is 4. The molecule has 6 fully saturated rings. The average Bonchev–Trinajstić information content (AvgIpc) is 3.80. The maximum Gasteiger partial charge on any atom is 0.326 e. The SMILES string of the molecule is O=C1CC[C@H](N2C(=O)c3ccc([C@@H](C(=O)O)N4[C@H](CN5CCC(CNc6ncnc7c6ncn7C6CC(NC(=O)Cc7ccccc7)C6)CC5)C5CCN4CC5)cc3C2=O)C(=O)N1. The number of nitrogens with zero attached hydrogens (tertiary/aromatic N) is 8. The van der Waals surface area contributed by atoms with Gasteiger partial charge in [-0.15, -0.1) is 0 Å². The van der Waals surface area contributed by atoms with Crippen molar-refractivity contribution in [3.05, 3.63) is 83.4 Å². The molecule has 2 aromatic heterocycles. The number of imidazole rings is 1. The number of aliphatic carboxylic acids is 1. The summed E-state index contributed by atoms with van der Waals surface area (Å²) in [4.78, 5) is 94.5. The number of aromatic nitrogens is 4. The minimum absolute atomic E-state index is 0.0141. The number of benzene rings is 2. The molecule has 0 radical (unpaired) electrons. The Morgan fingerprint density at radius 3 is 2.38 bits per heavy atom. The molecule has 4 N–H and O–H groups in total. The summed E-state index contributed by atoms with van der Waals surface area (Å²) in [6.07, 6.45) is 9.32. The zero-order chi connectivity index (χ0) is 43.4. The lowest BCUT2D eigenvalue weighted by Crippen LogP contribution is -2.66. The first kappa shape index (κ1) is 40.9. The number of carbonyl (C=O) groups is 6. The molecular formula is C45H51N11O7. The molecule has 8 heterocycles. The molecule has 63 heavy (non-hydrogen) atoms. The van der Waals surface area contributed by atoms with E-state index in [0.717, 1.165) is 92.9 Å². The van der Waals surface area contributed by atoms with Crippen molar-refractivity contribution in [1.82, 2.24) is 50.0 Å². The maximum absolute atomic E-state index is 13.7. The van der Waals surface area contributed by atoms with Crippen molar-refractivity contribution in [3.63, 3.8) is 0 Å². The fourth-order valence-electron chi connectivity index (χ4n) is 10.7. The molecule has 18 heteroatoms. The lowest BCUT2D eigenvalue weighted by Gasteiger charge is -2.56. The zero-order valence-corrected chi connectivity index (χ0v) is 34.9. The van der Waals surface area contributed by atoms with Crippen molar-refractivity contribution in [2.45, 2.75) is 88.0 Å². The highest BCUT2D eigenvalue weighted by Gasteiger charge is 2.49. The number of hydrogen-bond acceptors (Lipinski definition) is 13. The molecule has 2 bridgehead atoms. The second-order valence-electron chi connectivity index (χ2n) is 18.0. The van der Waals surface area contributed by atoms with Gasteiger partial charge in [0.2, 0.25) is 17.7 Å². The minimum atomic E-state index is -1.10. The van der Waals surface area contributed by atoms with Gasteiger partial charge in [-0.05, 0) is 93.1 Å². The summed E-state index contributed by atoms with van der Waals surface area (Å²) in [5.74, 6) is -2.02. The van der Waals surface area contributed by atoms with Crippen LogP contribution in [0.2, 0.25) is 0 Å². The minimum Gasteiger partial charge on any atom is -0.480 e. The van der Waals surface area contributed by atoms with Crippen LogP contribution in [0.3, 0.4) is 0 Å². The molecule has 328 valence electrons. The first-order valence-corrected chi connectivity index (χ1v) is 22.2. The van der Waals surface area contributed by atoms with Crippen LogP contribution < -0.4 is 16.0 Å². The number of carbonyl (C=O) groups excluding carboxylic acids is 5. The van der Waals surface area contributed by atoms with Crippen LogP contribution in [0, 0.1) is 11.8 Å². The van der Waals surface area contributed by atoms with E-state index in [0.29, 0.717) is 36.2 Å². The van der Waals surface area contributed by atoms with Crippen LogP contribution in [0.25, 0.3) is 11.2 Å². The summed E-state index contributed by atoms with van der Waals surface area (Å²) in [7, 11) is 0. The molecule has 18 nitrogen and oxygen atoms in total. The van der Waals surface area contributed by atoms with Crippen LogP contribution >= 0.6 is 0 Å². The number of amides is 5. The fraction of sp³-hybridized carbons (Fsp3) is 0.489. The Morgan fingerprint density at radius 1 is 0.873 bits per heavy atom. The van der Waals surface area contributed by atoms with Crippen molar-refractivity contribution in [2.75, 3.05) is 44.6 Å². The van der Waals surface area contributed by atoms with Crippen LogP contribution in [-0.2, 0) is 25.6 Å². The second kappa shape index (κ2) is 16.9. The lowest BCUT2D eigenvalue weighted by molar-refractivity contribution is -0.196. The Labute approximate surface area is 363 Å². The van der Waals surface area contributed by atoms with Crippen molar-refractivity contribution in [3.8, 4) is 0 Å². The van der Waals surface area contributed by atoms with Crippen LogP contribution in [0.15, 0.2) is 61.2 Å². The highest BCUT2D eigenvalue weighted by molar-refractivity contribution is 6.23. The molecular weight excluding hydrogens is 807 g/mol. The van der Waals surface area contributed by atoms with Gasteiger partial charge in [0.15, 0.2) is 11.5 Å². The summed E-state index contributed by atoms with van der Waals surface area (Å²) in [5, 5.41) is 23.9. The van der Waals surface area contributed by atoms with E-state index in [1.165, 1.54) is 12.1 Å². The van der Waals surface area contributed by atoms with Gasteiger partial charge in [0.05, 0.1) is 23.9 Å². The van der Waals surface area contributed by atoms with Gasteiger partial charge in [-0.25, -0.2) is 25.0 Å². The molecule has 0 spiro atoms. The predicted octanol–water partition coefficient (Wildman–Crippen LogP) is 2.55. The van der Waals surface area contributed by atoms with Crippen molar-refractivity contribution < 1.29 is 33.9 Å². The summed E-state index contributed by atoms with van der Waals surface area (Å²) in [6.45, 7) is 4.66. The standard InChI is InChI=1S/C45H51N11O7/c57-36-9-8-34(42(59)51-36)55-43(60)32-7-6-29(19-33(32)44(55)61)39(45(62)63)56-35(28-12-16-53(56)17-13-28)23-52-14-10-27(11-15-52)22-46-40-38-41(48-24-47-40)54(25-49-38)31-20-30(21-31)50-37(58)18-26-4-2-1-3-5-26/h1-7,19,24-25,27-28,30-31,34-35,39H,8-18,20-23H2,(H,50,58)(H,62,63)(H,46,47,48)(H,51,57,59)/t30?,31?,34-,35+,39-/m0/s1. The van der Waals surface area contributed by atoms with Crippen LogP contribution in [0.5, 0.6) is 0 Å². The van der Waals surface area contributed by atoms with Gasteiger partial charge >= 0.3 is 5.97 Å². The van der Waals surface area contributed by atoms with E-state index in [1.54, 1.807) is 12.4 Å². The van der Waals surface area contributed by atoms with Gasteiger partial charge in [-0.3, -0.25) is 39.0 Å². The van der Waals surface area contributed by atoms with E-state index < -0.39 is 41.7 Å². The van der Waals surface area contributed by atoms with E-state index in [1.807, 2.05) is 41.7 Å². The Hall–Kier alpha value is -6.11. The highest BCUT2D eigenvalue weighted by Crippen LogP contribution is 2.41. The van der Waals surface area contributed by atoms with E-state index in [-0.39, 0.29) is 48.0 Å². The van der Waals surface area contributed by atoms with E-state index in [2.05, 4.69) is 40.4 Å². The summed E-state index contributed by atoms with van der Waals surface area (Å²) < 4.78 is 2.09. The zero-order valence-electron chi connectivity index (χ0n) is 34.9. The second-order valence-corrected chi connectivity index (χ2v) is 18.0. The number of carboxylic acids is 1. The number of piperidine rings is 3. The molecule has 5 saturated heterocycles. The smallest absolute Gasteiger partial charge is 0.326 e. The largest absolute Gasteiger partial charge is 0.480 e. The molecule has 3 atom stereocenters. The van der Waals surface area contributed by atoms with Gasteiger partial charge in [0.1, 0.15) is 23.9 Å². The number of likely N-dealkylation sites (tertiary alicyclic amines) is 1. The van der Waals surface area contributed by atoms with Gasteiger partial charge in [-0.2, -0.15) is 0 Å². The fourth-order valence-corrected chi connectivity index (χ4v) is 10.7. The first-order chi connectivity index (χ1) is 30.6. The predicted molar refractivity (Wildman–Crippen MR) is 227 cm³/mol. The summed E-state index contributed by atoms with van der Waals surface area (Å²) >= 11 is 0. The number of nitrogens with one attached hydrogen (secondary N) is 3. The number of anilines is 1. The number of rotatable bonds is 13. The number of carboxylic acid groups (broad SMARTS) is 1. The molecule has 7 aliphatic rings. The molecule has 0 unspecified atom stereocenters. The number of hydrazine groups is 1. The van der Waals surface area contributed by atoms with E-state index in [9.17, 15) is 33.9 Å². The lowest BCUT2D eigenvalue weighted by atomic mass is 9.83. The topological polar surface area (TPSA) is 215 Å². The molecule has 2 aromatic carbocycles. The van der Waals surface area contributed by atoms with Gasteiger partial charge < -0.3 is 25.2 Å². The Balaban J connectivity index is 0.754. The van der Waals surface area contributed by atoms with E-state index in [4.69, 9.17) is 4.98 Å². The third-order valence-corrected chi connectivity index (χ3v) is 14.2. The van der Waals surface area contributed by atoms with Crippen molar-refractivity contribution in [1.29, 1.82) is 0 Å². The quantitative estimate of drug-likeness (QED) is 0.142. The molecule has 5 amide bonds. The third kappa shape index (κ3) is 7.84. The van der Waals surface area contributed by atoms with Gasteiger partial charge in [-0.1, -0.05) is 36.4 Å². The molecule has 1 saturated carbocycles. The Kier molecular flexibility index (Phi) is 11.0. The number of fused-ring (bicyclic) bond motifs is 5. The average molecular weight is 858 g/mol. The Bertz CT molecular complexity index is 2460.